The summed E-state index contributed by atoms with van der Waals surface area (Å²) in [4.78, 5) is 11.8. The first-order valence-electron chi connectivity index (χ1n) is 6.51. The maximum Gasteiger partial charge on any atom is 0.262 e. The highest BCUT2D eigenvalue weighted by Crippen LogP contribution is 2.25. The number of aliphatic hydroxyl groups excluding tert-OH is 1. The molecule has 2 aromatic carbocycles. The van der Waals surface area contributed by atoms with Crippen molar-refractivity contribution in [1.29, 1.82) is 0 Å². The number of carbonyl (C=O) groups excluding carboxylic acids is 1. The van der Waals surface area contributed by atoms with Crippen molar-refractivity contribution in [1.82, 2.24) is 0 Å². The molecule has 2 aromatic rings. The molecule has 0 heterocycles. The zero-order valence-electron chi connectivity index (χ0n) is 11.5. The molecule has 0 aromatic heterocycles. The third-order valence-electron chi connectivity index (χ3n) is 2.84. The van der Waals surface area contributed by atoms with Crippen molar-refractivity contribution in [3.63, 3.8) is 0 Å². The fourth-order valence-corrected chi connectivity index (χ4v) is 1.84. The fraction of sp³-hybridized carbons (Fsp3) is 0.188. The molecule has 0 fully saturated rings. The predicted molar refractivity (Wildman–Crippen MR) is 77.6 cm³/mol. The van der Waals surface area contributed by atoms with Gasteiger partial charge < -0.3 is 15.2 Å². The summed E-state index contributed by atoms with van der Waals surface area (Å²) in [7, 11) is 0. The van der Waals surface area contributed by atoms with E-state index in [4.69, 9.17) is 4.74 Å². The van der Waals surface area contributed by atoms with Gasteiger partial charge in [0.2, 0.25) is 0 Å². The molecule has 110 valence electrons. The van der Waals surface area contributed by atoms with Gasteiger partial charge in [-0.15, -0.1) is 0 Å². The number of rotatable bonds is 5. The van der Waals surface area contributed by atoms with Crippen LogP contribution in [-0.4, -0.2) is 17.6 Å². The molecule has 0 spiro atoms. The van der Waals surface area contributed by atoms with Gasteiger partial charge in [0.15, 0.2) is 6.61 Å². The van der Waals surface area contributed by atoms with E-state index < -0.39 is 11.9 Å². The van der Waals surface area contributed by atoms with Crippen LogP contribution in [0.15, 0.2) is 48.5 Å². The molecular formula is C16H16FNO3. The van der Waals surface area contributed by atoms with Crippen LogP contribution in [0.25, 0.3) is 0 Å². The van der Waals surface area contributed by atoms with Crippen LogP contribution in [-0.2, 0) is 4.79 Å². The van der Waals surface area contributed by atoms with E-state index in [0.29, 0.717) is 11.3 Å². The average molecular weight is 289 g/mol. The van der Waals surface area contributed by atoms with E-state index in [0.717, 1.165) is 0 Å². The van der Waals surface area contributed by atoms with Crippen LogP contribution in [0.2, 0.25) is 0 Å². The molecule has 2 rings (SSSR count). The predicted octanol–water partition coefficient (Wildman–Crippen LogP) is 2.90. The van der Waals surface area contributed by atoms with Gasteiger partial charge in [-0.2, -0.15) is 0 Å². The molecule has 4 nitrogen and oxygen atoms in total. The van der Waals surface area contributed by atoms with E-state index in [9.17, 15) is 14.3 Å². The molecule has 5 heteroatoms. The largest absolute Gasteiger partial charge is 0.483 e. The van der Waals surface area contributed by atoms with Gasteiger partial charge in [0, 0.05) is 11.3 Å². The Morgan fingerprint density at radius 3 is 2.67 bits per heavy atom. The van der Waals surface area contributed by atoms with Crippen molar-refractivity contribution in [3.8, 4) is 5.75 Å². The van der Waals surface area contributed by atoms with Crippen molar-refractivity contribution >= 4 is 11.6 Å². The van der Waals surface area contributed by atoms with E-state index in [1.54, 1.807) is 12.1 Å². The summed E-state index contributed by atoms with van der Waals surface area (Å²) in [6.07, 6.45) is -0.882. The minimum absolute atomic E-state index is 0.222. The molecule has 0 aliphatic carbocycles. The van der Waals surface area contributed by atoms with Crippen LogP contribution < -0.4 is 10.1 Å². The van der Waals surface area contributed by atoms with Gasteiger partial charge >= 0.3 is 0 Å². The van der Waals surface area contributed by atoms with Gasteiger partial charge in [-0.25, -0.2) is 4.39 Å². The first kappa shape index (κ1) is 15.0. The molecule has 0 bridgehead atoms. The molecule has 0 unspecified atom stereocenters. The number of ether oxygens (including phenoxy) is 1. The van der Waals surface area contributed by atoms with Crippen LogP contribution in [0.4, 0.5) is 10.1 Å². The maximum absolute atomic E-state index is 13.1. The van der Waals surface area contributed by atoms with Gasteiger partial charge in [-0.1, -0.05) is 18.2 Å². The lowest BCUT2D eigenvalue weighted by Gasteiger charge is -2.13. The molecule has 1 amide bonds. The van der Waals surface area contributed by atoms with Gasteiger partial charge in [-0.3, -0.25) is 4.79 Å². The summed E-state index contributed by atoms with van der Waals surface area (Å²) in [5, 5.41) is 12.3. The molecule has 0 saturated heterocycles. The van der Waals surface area contributed by atoms with E-state index in [1.165, 1.54) is 25.1 Å². The van der Waals surface area contributed by atoms with Crippen LogP contribution in [0.5, 0.6) is 5.75 Å². The summed E-state index contributed by atoms with van der Waals surface area (Å²) >= 11 is 0. The second-order valence-corrected chi connectivity index (χ2v) is 4.56. The van der Waals surface area contributed by atoms with E-state index in [1.807, 2.05) is 18.2 Å². The first-order chi connectivity index (χ1) is 10.1. The highest BCUT2D eigenvalue weighted by molar-refractivity contribution is 5.91. The van der Waals surface area contributed by atoms with Gasteiger partial charge in [0.1, 0.15) is 11.6 Å². The van der Waals surface area contributed by atoms with Crippen molar-refractivity contribution in [2.45, 2.75) is 13.0 Å². The summed E-state index contributed by atoms with van der Waals surface area (Å²) in [5.74, 6) is -0.510. The number of hydrogen-bond acceptors (Lipinski definition) is 3. The summed E-state index contributed by atoms with van der Waals surface area (Å²) < 4.78 is 18.5. The molecule has 0 radical (unpaired) electrons. The van der Waals surface area contributed by atoms with E-state index in [2.05, 4.69) is 5.32 Å². The number of nitrogens with one attached hydrogen (secondary N) is 1. The third kappa shape index (κ3) is 4.29. The lowest BCUT2D eigenvalue weighted by Crippen LogP contribution is -2.20. The monoisotopic (exact) mass is 289 g/mol. The van der Waals surface area contributed by atoms with Crippen molar-refractivity contribution in [3.05, 3.63) is 59.9 Å². The molecule has 0 aliphatic heterocycles. The number of carbonyl (C=O) groups is 1. The van der Waals surface area contributed by atoms with Crippen molar-refractivity contribution in [2.75, 3.05) is 11.9 Å². The summed E-state index contributed by atoms with van der Waals surface area (Å²) in [6, 6.07) is 12.8. The Balaban J connectivity index is 1.98. The average Bonchev–Trinajstić information content (AvgIpc) is 2.47. The minimum Gasteiger partial charge on any atom is -0.483 e. The number of amides is 1. The summed E-state index contributed by atoms with van der Waals surface area (Å²) in [5.41, 5.74) is 0.975. The van der Waals surface area contributed by atoms with Crippen LogP contribution in [0, 0.1) is 5.82 Å². The number of hydrogen-bond donors (Lipinski definition) is 2. The Morgan fingerprint density at radius 1 is 1.29 bits per heavy atom. The first-order valence-corrected chi connectivity index (χ1v) is 6.51. The number of halogens is 1. The topological polar surface area (TPSA) is 58.6 Å². The Kier molecular flexibility index (Phi) is 4.90. The smallest absolute Gasteiger partial charge is 0.262 e. The Hall–Kier alpha value is -2.40. The third-order valence-corrected chi connectivity index (χ3v) is 2.84. The highest BCUT2D eigenvalue weighted by Gasteiger charge is 2.12. The van der Waals surface area contributed by atoms with Crippen LogP contribution in [0.3, 0.4) is 0 Å². The number of para-hydroxylation sites is 1. The lowest BCUT2D eigenvalue weighted by molar-refractivity contribution is -0.118. The normalized spacial score (nSPS) is 11.8. The van der Waals surface area contributed by atoms with Gasteiger partial charge in [0.25, 0.3) is 5.91 Å². The van der Waals surface area contributed by atoms with Crippen LogP contribution in [0.1, 0.15) is 18.6 Å². The zero-order chi connectivity index (χ0) is 15.2. The second kappa shape index (κ2) is 6.85. The Morgan fingerprint density at radius 2 is 2.00 bits per heavy atom. The fourth-order valence-electron chi connectivity index (χ4n) is 1.84. The molecule has 2 N–H and O–H groups in total. The number of aliphatic hydroxyl groups is 1. The number of anilines is 1. The van der Waals surface area contributed by atoms with Crippen molar-refractivity contribution < 1.29 is 19.0 Å². The summed E-state index contributed by atoms with van der Waals surface area (Å²) in [6.45, 7) is 1.28. The quantitative estimate of drug-likeness (QED) is 0.889. The highest BCUT2D eigenvalue weighted by atomic mass is 19.1. The Labute approximate surface area is 122 Å². The van der Waals surface area contributed by atoms with Gasteiger partial charge in [-0.05, 0) is 37.3 Å². The lowest BCUT2D eigenvalue weighted by atomic mass is 10.1. The number of benzene rings is 2. The molecular weight excluding hydrogens is 273 g/mol. The molecule has 0 saturated carbocycles. The molecule has 21 heavy (non-hydrogen) atoms. The van der Waals surface area contributed by atoms with E-state index in [-0.39, 0.29) is 18.3 Å². The van der Waals surface area contributed by atoms with Crippen LogP contribution >= 0.6 is 0 Å². The zero-order valence-corrected chi connectivity index (χ0v) is 11.5. The van der Waals surface area contributed by atoms with Gasteiger partial charge in [0.05, 0.1) is 6.10 Å². The minimum atomic E-state index is -0.882. The Bertz CT molecular complexity index is 614. The SMILES string of the molecule is C[C@H](O)c1cc(F)ccc1OCC(=O)Nc1ccccc1. The maximum atomic E-state index is 13.1. The molecule has 0 aliphatic rings. The van der Waals surface area contributed by atoms with Crippen molar-refractivity contribution in [2.24, 2.45) is 0 Å². The second-order valence-electron chi connectivity index (χ2n) is 4.56. The van der Waals surface area contributed by atoms with E-state index >= 15 is 0 Å². The standard InChI is InChI=1S/C16H16FNO3/c1-11(19)14-9-12(17)7-8-15(14)21-10-16(20)18-13-5-3-2-4-6-13/h2-9,11,19H,10H2,1H3,(H,18,20)/t11-/m0/s1. The molecule has 1 atom stereocenters.